The molecule has 1 aromatic carbocycles. The average Bonchev–Trinajstić information content (AvgIpc) is 2.46. The van der Waals surface area contributed by atoms with E-state index in [0.29, 0.717) is 12.1 Å². The van der Waals surface area contributed by atoms with Gasteiger partial charge >= 0.3 is 0 Å². The highest BCUT2D eigenvalue weighted by molar-refractivity contribution is 5.61. The Bertz CT molecular complexity index is 525. The normalized spacial score (nSPS) is 12.2. The summed E-state index contributed by atoms with van der Waals surface area (Å²) in [5.74, 6) is -0.253. The zero-order chi connectivity index (χ0) is 13.8. The molecule has 100 valence electrons. The number of aliphatic hydroxyl groups excluding tert-OH is 1. The molecular weight excluding hydrogens is 243 g/mol. The number of hydrogen-bond donors (Lipinski definition) is 1. The summed E-state index contributed by atoms with van der Waals surface area (Å²) in [6.45, 7) is 1.91. The Morgan fingerprint density at radius 1 is 1.16 bits per heavy atom. The predicted molar refractivity (Wildman–Crippen MR) is 74.0 cm³/mol. The molecule has 1 aromatic heterocycles. The Morgan fingerprint density at radius 3 is 2.32 bits per heavy atom. The number of rotatable bonds is 4. The first kappa shape index (κ1) is 13.5. The molecule has 0 amide bonds. The maximum Gasteiger partial charge on any atom is 0.123 e. The largest absolute Gasteiger partial charge is 0.387 e. The van der Waals surface area contributed by atoms with Crippen LogP contribution in [-0.2, 0) is 0 Å². The van der Waals surface area contributed by atoms with E-state index in [1.54, 1.807) is 18.3 Å². The van der Waals surface area contributed by atoms with Crippen LogP contribution in [0.2, 0.25) is 0 Å². The van der Waals surface area contributed by atoms with Crippen molar-refractivity contribution in [2.24, 2.45) is 0 Å². The van der Waals surface area contributed by atoms with E-state index in [1.165, 1.54) is 12.1 Å². The van der Waals surface area contributed by atoms with Gasteiger partial charge in [-0.15, -0.1) is 0 Å². The fourth-order valence-electron chi connectivity index (χ4n) is 1.82. The van der Waals surface area contributed by atoms with Crippen LogP contribution < -0.4 is 4.90 Å². The number of anilines is 2. The molecule has 1 N–H and O–H groups in total. The number of hydrogen-bond acceptors (Lipinski definition) is 3. The number of nitrogens with zero attached hydrogens (tertiary/aromatic N) is 2. The van der Waals surface area contributed by atoms with E-state index in [4.69, 9.17) is 0 Å². The van der Waals surface area contributed by atoms with Gasteiger partial charge in [0.15, 0.2) is 0 Å². The highest BCUT2D eigenvalue weighted by atomic mass is 19.1. The van der Waals surface area contributed by atoms with Gasteiger partial charge in [-0.25, -0.2) is 4.39 Å². The topological polar surface area (TPSA) is 36.4 Å². The standard InChI is InChI=1S/C15H17FN2O/c1-3-15(19)14-9-8-13(10-17-14)18(2)12-6-4-11(16)5-7-12/h4-10,15,19H,3H2,1-2H3/t15-/m1/s1. The summed E-state index contributed by atoms with van der Waals surface area (Å²) in [6.07, 6.45) is 1.82. The van der Waals surface area contributed by atoms with Crippen LogP contribution in [0.15, 0.2) is 42.6 Å². The fraction of sp³-hybridized carbons (Fsp3) is 0.267. The van der Waals surface area contributed by atoms with Crippen LogP contribution in [0.3, 0.4) is 0 Å². The van der Waals surface area contributed by atoms with Crippen molar-refractivity contribution in [1.29, 1.82) is 0 Å². The van der Waals surface area contributed by atoms with Crippen LogP contribution >= 0.6 is 0 Å². The maximum atomic E-state index is 12.9. The van der Waals surface area contributed by atoms with Crippen molar-refractivity contribution in [3.63, 3.8) is 0 Å². The Labute approximate surface area is 112 Å². The zero-order valence-corrected chi connectivity index (χ0v) is 11.0. The molecule has 0 radical (unpaired) electrons. The van der Waals surface area contributed by atoms with E-state index in [9.17, 15) is 9.50 Å². The van der Waals surface area contributed by atoms with Gasteiger partial charge in [-0.1, -0.05) is 6.92 Å². The minimum absolute atomic E-state index is 0.253. The van der Waals surface area contributed by atoms with Gasteiger partial charge < -0.3 is 10.0 Å². The number of aromatic nitrogens is 1. The minimum Gasteiger partial charge on any atom is -0.387 e. The van der Waals surface area contributed by atoms with Crippen LogP contribution in [0.1, 0.15) is 25.1 Å². The zero-order valence-electron chi connectivity index (χ0n) is 11.0. The molecular formula is C15H17FN2O. The summed E-state index contributed by atoms with van der Waals surface area (Å²) >= 11 is 0. The monoisotopic (exact) mass is 260 g/mol. The minimum atomic E-state index is -0.523. The van der Waals surface area contributed by atoms with E-state index in [1.807, 2.05) is 31.0 Å². The molecule has 2 rings (SSSR count). The van der Waals surface area contributed by atoms with Crippen LogP contribution in [0.5, 0.6) is 0 Å². The number of halogens is 1. The summed E-state index contributed by atoms with van der Waals surface area (Å²) in [6, 6.07) is 9.98. The van der Waals surface area contributed by atoms with Gasteiger partial charge in [0.2, 0.25) is 0 Å². The Kier molecular flexibility index (Phi) is 4.12. The number of benzene rings is 1. The predicted octanol–water partition coefficient (Wildman–Crippen LogP) is 3.43. The van der Waals surface area contributed by atoms with E-state index in [2.05, 4.69) is 4.98 Å². The first-order chi connectivity index (χ1) is 9.11. The van der Waals surface area contributed by atoms with Gasteiger partial charge in [0.05, 0.1) is 23.7 Å². The number of pyridine rings is 1. The summed E-state index contributed by atoms with van der Waals surface area (Å²) in [5, 5.41) is 9.69. The molecule has 2 aromatic rings. The summed E-state index contributed by atoms with van der Waals surface area (Å²) < 4.78 is 12.9. The second-order valence-electron chi connectivity index (χ2n) is 4.40. The lowest BCUT2D eigenvalue weighted by molar-refractivity contribution is 0.169. The van der Waals surface area contributed by atoms with Gasteiger partial charge in [0.1, 0.15) is 5.82 Å². The molecule has 0 unspecified atom stereocenters. The quantitative estimate of drug-likeness (QED) is 0.915. The first-order valence-electron chi connectivity index (χ1n) is 6.25. The van der Waals surface area contributed by atoms with Crippen LogP contribution in [0, 0.1) is 5.82 Å². The van der Waals surface area contributed by atoms with E-state index in [0.717, 1.165) is 11.4 Å². The second kappa shape index (κ2) is 5.80. The van der Waals surface area contributed by atoms with Gasteiger partial charge in [0.25, 0.3) is 0 Å². The van der Waals surface area contributed by atoms with E-state index in [-0.39, 0.29) is 5.82 Å². The van der Waals surface area contributed by atoms with Crippen LogP contribution in [-0.4, -0.2) is 17.1 Å². The summed E-state index contributed by atoms with van der Waals surface area (Å²) in [5.41, 5.74) is 2.43. The molecule has 0 bridgehead atoms. The molecule has 3 nitrogen and oxygen atoms in total. The number of aliphatic hydroxyl groups is 1. The summed E-state index contributed by atoms with van der Waals surface area (Å²) in [4.78, 5) is 6.16. The fourth-order valence-corrected chi connectivity index (χ4v) is 1.82. The molecule has 0 aliphatic carbocycles. The smallest absolute Gasteiger partial charge is 0.123 e. The van der Waals surface area contributed by atoms with E-state index >= 15 is 0 Å². The van der Waals surface area contributed by atoms with Crippen molar-refractivity contribution in [3.05, 3.63) is 54.1 Å². The maximum absolute atomic E-state index is 12.9. The van der Waals surface area contributed by atoms with Crippen molar-refractivity contribution in [3.8, 4) is 0 Å². The Morgan fingerprint density at radius 2 is 1.79 bits per heavy atom. The average molecular weight is 260 g/mol. The van der Waals surface area contributed by atoms with Crippen molar-refractivity contribution >= 4 is 11.4 Å². The van der Waals surface area contributed by atoms with Crippen molar-refractivity contribution in [2.45, 2.75) is 19.4 Å². The molecule has 19 heavy (non-hydrogen) atoms. The third-order valence-corrected chi connectivity index (χ3v) is 3.10. The third-order valence-electron chi connectivity index (χ3n) is 3.10. The highest BCUT2D eigenvalue weighted by Gasteiger charge is 2.08. The SMILES string of the molecule is CC[C@@H](O)c1ccc(N(C)c2ccc(F)cc2)cn1. The van der Waals surface area contributed by atoms with Crippen molar-refractivity contribution < 1.29 is 9.50 Å². The lowest BCUT2D eigenvalue weighted by atomic mass is 10.2. The lowest BCUT2D eigenvalue weighted by Crippen LogP contribution is -2.10. The Balaban J connectivity index is 2.19. The Hall–Kier alpha value is -1.94. The van der Waals surface area contributed by atoms with Gasteiger partial charge in [-0.05, 0) is 42.8 Å². The van der Waals surface area contributed by atoms with Crippen molar-refractivity contribution in [2.75, 3.05) is 11.9 Å². The molecule has 0 aliphatic heterocycles. The molecule has 4 heteroatoms. The lowest BCUT2D eigenvalue weighted by Gasteiger charge is -2.19. The van der Waals surface area contributed by atoms with Gasteiger partial charge in [-0.3, -0.25) is 4.98 Å². The van der Waals surface area contributed by atoms with Gasteiger partial charge in [-0.2, -0.15) is 0 Å². The van der Waals surface area contributed by atoms with Crippen molar-refractivity contribution in [1.82, 2.24) is 4.98 Å². The van der Waals surface area contributed by atoms with Crippen LogP contribution in [0.4, 0.5) is 15.8 Å². The highest BCUT2D eigenvalue weighted by Crippen LogP contribution is 2.24. The molecule has 0 saturated carbocycles. The molecule has 0 fully saturated rings. The molecule has 0 saturated heterocycles. The molecule has 0 aliphatic rings. The molecule has 1 heterocycles. The van der Waals surface area contributed by atoms with E-state index < -0.39 is 6.10 Å². The summed E-state index contributed by atoms with van der Waals surface area (Å²) in [7, 11) is 1.89. The third kappa shape index (κ3) is 3.09. The first-order valence-corrected chi connectivity index (χ1v) is 6.25. The van der Waals surface area contributed by atoms with Gasteiger partial charge in [0, 0.05) is 12.7 Å². The van der Waals surface area contributed by atoms with Crippen LogP contribution in [0.25, 0.3) is 0 Å². The molecule has 1 atom stereocenters. The second-order valence-corrected chi connectivity index (χ2v) is 4.40. The molecule has 0 spiro atoms.